The lowest BCUT2D eigenvalue weighted by Crippen LogP contribution is -2.08. The highest BCUT2D eigenvalue weighted by Crippen LogP contribution is 2.21. The van der Waals surface area contributed by atoms with Crippen molar-refractivity contribution in [2.75, 3.05) is 0 Å². The Hall–Kier alpha value is 0.250. The fourth-order valence-electron chi connectivity index (χ4n) is 1.86. The van der Waals surface area contributed by atoms with E-state index in [1.54, 1.807) is 0 Å². The zero-order valence-corrected chi connectivity index (χ0v) is 12.4. The quantitative estimate of drug-likeness (QED) is 0.369. The standard InChI is InChI=1S/C14H29Cl.H3N/c1-4-5-6-7-8-9-10-11-12-13-14(2,3)15;/h4-13H2,1-3H3;1H3. The van der Waals surface area contributed by atoms with Crippen LogP contribution in [0.5, 0.6) is 0 Å². The number of rotatable bonds is 10. The van der Waals surface area contributed by atoms with Gasteiger partial charge >= 0.3 is 0 Å². The predicted octanol–water partition coefficient (Wildman–Crippen LogP) is 6.09. The molecule has 0 aromatic carbocycles. The van der Waals surface area contributed by atoms with Crippen molar-refractivity contribution in [2.45, 2.75) is 89.9 Å². The van der Waals surface area contributed by atoms with E-state index in [0.717, 1.165) is 6.42 Å². The van der Waals surface area contributed by atoms with E-state index in [9.17, 15) is 0 Å². The summed E-state index contributed by atoms with van der Waals surface area (Å²) in [5.74, 6) is 0. The third kappa shape index (κ3) is 16.7. The fourth-order valence-corrected chi connectivity index (χ4v) is 1.99. The molecule has 0 spiro atoms. The molecule has 0 fully saturated rings. The Morgan fingerprint density at radius 3 is 1.50 bits per heavy atom. The summed E-state index contributed by atoms with van der Waals surface area (Å²) in [5, 5.41) is 0. The molecule has 100 valence electrons. The molecule has 0 aliphatic rings. The van der Waals surface area contributed by atoms with Gasteiger partial charge in [0.2, 0.25) is 0 Å². The molecule has 2 heteroatoms. The van der Waals surface area contributed by atoms with Crippen molar-refractivity contribution < 1.29 is 0 Å². The maximum Gasteiger partial charge on any atom is 0.0390 e. The molecule has 0 radical (unpaired) electrons. The van der Waals surface area contributed by atoms with Gasteiger partial charge in [0.1, 0.15) is 0 Å². The molecule has 0 rings (SSSR count). The molecule has 0 saturated heterocycles. The Morgan fingerprint density at radius 2 is 1.12 bits per heavy atom. The van der Waals surface area contributed by atoms with Gasteiger partial charge in [0, 0.05) is 4.87 Å². The molecule has 0 saturated carbocycles. The van der Waals surface area contributed by atoms with Crippen molar-refractivity contribution in [3.05, 3.63) is 0 Å². The summed E-state index contributed by atoms with van der Waals surface area (Å²) in [4.78, 5) is 0.0150. The maximum atomic E-state index is 6.13. The lowest BCUT2D eigenvalue weighted by Gasteiger charge is -2.14. The molecule has 0 bridgehead atoms. The van der Waals surface area contributed by atoms with Crippen LogP contribution in [0, 0.1) is 0 Å². The van der Waals surface area contributed by atoms with Crippen LogP contribution in [0.2, 0.25) is 0 Å². The van der Waals surface area contributed by atoms with Gasteiger partial charge in [-0.15, -0.1) is 11.6 Å². The second kappa shape index (κ2) is 11.7. The smallest absolute Gasteiger partial charge is 0.0390 e. The van der Waals surface area contributed by atoms with E-state index in [0.29, 0.717) is 0 Å². The summed E-state index contributed by atoms with van der Waals surface area (Å²) < 4.78 is 0. The molecule has 1 nitrogen and oxygen atoms in total. The van der Waals surface area contributed by atoms with Gasteiger partial charge in [0.05, 0.1) is 0 Å². The van der Waals surface area contributed by atoms with Gasteiger partial charge < -0.3 is 6.15 Å². The minimum atomic E-state index is 0. The van der Waals surface area contributed by atoms with Crippen LogP contribution in [0.3, 0.4) is 0 Å². The summed E-state index contributed by atoms with van der Waals surface area (Å²) >= 11 is 6.13. The fraction of sp³-hybridized carbons (Fsp3) is 1.00. The first-order chi connectivity index (χ1) is 7.06. The minimum absolute atomic E-state index is 0. The van der Waals surface area contributed by atoms with E-state index >= 15 is 0 Å². The van der Waals surface area contributed by atoms with Gasteiger partial charge in [-0.3, -0.25) is 0 Å². The van der Waals surface area contributed by atoms with E-state index in [1.165, 1.54) is 57.8 Å². The van der Waals surface area contributed by atoms with E-state index in [4.69, 9.17) is 11.6 Å². The normalized spacial score (nSPS) is 11.2. The van der Waals surface area contributed by atoms with Crippen molar-refractivity contribution in [1.29, 1.82) is 0 Å². The first-order valence-corrected chi connectivity index (χ1v) is 7.13. The van der Waals surface area contributed by atoms with Gasteiger partial charge in [-0.25, -0.2) is 0 Å². The molecular weight excluding hydrogens is 218 g/mol. The van der Waals surface area contributed by atoms with Crippen LogP contribution < -0.4 is 6.15 Å². The Balaban J connectivity index is 0. The van der Waals surface area contributed by atoms with E-state index in [-0.39, 0.29) is 11.0 Å². The number of alkyl halides is 1. The Kier molecular flexibility index (Phi) is 13.6. The Morgan fingerprint density at radius 1 is 0.750 bits per heavy atom. The molecule has 0 amide bonds. The third-order valence-corrected chi connectivity index (χ3v) is 3.06. The number of unbranched alkanes of at least 4 members (excludes halogenated alkanes) is 8. The molecule has 0 aromatic rings. The van der Waals surface area contributed by atoms with E-state index < -0.39 is 0 Å². The van der Waals surface area contributed by atoms with Crippen LogP contribution >= 0.6 is 11.6 Å². The molecule has 0 heterocycles. The van der Waals surface area contributed by atoms with Crippen LogP contribution in [-0.2, 0) is 0 Å². The first-order valence-electron chi connectivity index (χ1n) is 6.75. The topological polar surface area (TPSA) is 35.0 Å². The van der Waals surface area contributed by atoms with Gasteiger partial charge in [0.15, 0.2) is 0 Å². The number of halogens is 1. The largest absolute Gasteiger partial charge is 0.344 e. The minimum Gasteiger partial charge on any atom is -0.344 e. The number of hydrogen-bond acceptors (Lipinski definition) is 1. The second-order valence-corrected chi connectivity index (χ2v) is 6.32. The monoisotopic (exact) mass is 249 g/mol. The van der Waals surface area contributed by atoms with Gasteiger partial charge in [-0.1, -0.05) is 64.7 Å². The number of hydrogen-bond donors (Lipinski definition) is 1. The summed E-state index contributed by atoms with van der Waals surface area (Å²) in [7, 11) is 0. The van der Waals surface area contributed by atoms with E-state index in [2.05, 4.69) is 20.8 Å². The second-order valence-electron chi connectivity index (χ2n) is 5.30. The summed E-state index contributed by atoms with van der Waals surface area (Å²) in [6, 6.07) is 0. The molecule has 16 heavy (non-hydrogen) atoms. The molecule has 0 aliphatic heterocycles. The van der Waals surface area contributed by atoms with Gasteiger partial charge in [0.25, 0.3) is 0 Å². The predicted molar refractivity (Wildman–Crippen MR) is 76.8 cm³/mol. The van der Waals surface area contributed by atoms with Crippen molar-refractivity contribution in [2.24, 2.45) is 0 Å². The lowest BCUT2D eigenvalue weighted by molar-refractivity contribution is 0.524. The van der Waals surface area contributed by atoms with Gasteiger partial charge in [-0.2, -0.15) is 0 Å². The first kappa shape index (κ1) is 18.6. The van der Waals surface area contributed by atoms with Crippen LogP contribution in [0.25, 0.3) is 0 Å². The highest BCUT2D eigenvalue weighted by molar-refractivity contribution is 6.23. The van der Waals surface area contributed by atoms with Crippen molar-refractivity contribution >= 4 is 11.6 Å². The average molecular weight is 250 g/mol. The van der Waals surface area contributed by atoms with Crippen molar-refractivity contribution in [3.63, 3.8) is 0 Å². The van der Waals surface area contributed by atoms with Crippen LogP contribution in [-0.4, -0.2) is 4.87 Å². The van der Waals surface area contributed by atoms with Crippen molar-refractivity contribution in [1.82, 2.24) is 6.15 Å². The average Bonchev–Trinajstić information content (AvgIpc) is 2.14. The Labute approximate surface area is 108 Å². The highest BCUT2D eigenvalue weighted by atomic mass is 35.5. The van der Waals surface area contributed by atoms with Gasteiger partial charge in [-0.05, 0) is 20.3 Å². The van der Waals surface area contributed by atoms with E-state index in [1.807, 2.05) is 0 Å². The molecule has 3 N–H and O–H groups in total. The molecule has 0 unspecified atom stereocenters. The summed E-state index contributed by atoms with van der Waals surface area (Å²) in [6.07, 6.45) is 13.7. The zero-order valence-electron chi connectivity index (χ0n) is 11.7. The van der Waals surface area contributed by atoms with Crippen LogP contribution in [0.15, 0.2) is 0 Å². The highest BCUT2D eigenvalue weighted by Gasteiger charge is 2.11. The zero-order chi connectivity index (χ0) is 11.6. The summed E-state index contributed by atoms with van der Waals surface area (Å²) in [6.45, 7) is 6.49. The lowest BCUT2D eigenvalue weighted by atomic mass is 10.0. The third-order valence-electron chi connectivity index (χ3n) is 2.87. The van der Waals surface area contributed by atoms with Crippen molar-refractivity contribution in [3.8, 4) is 0 Å². The van der Waals surface area contributed by atoms with Crippen LogP contribution in [0.4, 0.5) is 0 Å². The van der Waals surface area contributed by atoms with Crippen LogP contribution in [0.1, 0.15) is 85.0 Å². The molecular formula is C14H32ClN. The molecule has 0 atom stereocenters. The Bertz CT molecular complexity index is 129. The summed E-state index contributed by atoms with van der Waals surface area (Å²) in [5.41, 5.74) is 0. The molecule has 0 aromatic heterocycles. The molecule has 0 aliphatic carbocycles. The maximum absolute atomic E-state index is 6.13. The SMILES string of the molecule is CCCCCCCCCCCC(C)(C)Cl.N.